The summed E-state index contributed by atoms with van der Waals surface area (Å²) in [4.78, 5) is 12.1. The first kappa shape index (κ1) is 22.5. The van der Waals surface area contributed by atoms with Gasteiger partial charge in [-0.2, -0.15) is 4.31 Å². The molecule has 0 amide bonds. The van der Waals surface area contributed by atoms with Crippen LogP contribution >= 0.6 is 0 Å². The molecule has 1 aliphatic heterocycles. The van der Waals surface area contributed by atoms with Gasteiger partial charge in [-0.15, -0.1) is 0 Å². The zero-order valence-electron chi connectivity index (χ0n) is 19.7. The summed E-state index contributed by atoms with van der Waals surface area (Å²) in [6.45, 7) is 8.08. The first-order chi connectivity index (χ1) is 16.3. The highest BCUT2D eigenvalue weighted by Gasteiger charge is 2.30. The van der Waals surface area contributed by atoms with E-state index in [0.29, 0.717) is 36.9 Å². The van der Waals surface area contributed by atoms with E-state index in [4.69, 9.17) is 9.97 Å². The molecular formula is C27H28N4O2S. The predicted molar refractivity (Wildman–Crippen MR) is 137 cm³/mol. The van der Waals surface area contributed by atoms with Crippen molar-refractivity contribution >= 4 is 26.6 Å². The summed E-state index contributed by atoms with van der Waals surface area (Å²) in [6.07, 6.45) is 0. The second-order valence-corrected chi connectivity index (χ2v) is 10.8. The van der Waals surface area contributed by atoms with Crippen molar-refractivity contribution in [3.8, 4) is 11.4 Å². The molecule has 1 saturated heterocycles. The Morgan fingerprint density at radius 2 is 1.44 bits per heavy atom. The maximum atomic E-state index is 13.3. The molecule has 3 aromatic carbocycles. The smallest absolute Gasteiger partial charge is 0.243 e. The normalized spacial score (nSPS) is 15.1. The van der Waals surface area contributed by atoms with Crippen LogP contribution in [0.2, 0.25) is 0 Å². The number of hydrogen-bond acceptors (Lipinski definition) is 5. The summed E-state index contributed by atoms with van der Waals surface area (Å²) < 4.78 is 28.3. The van der Waals surface area contributed by atoms with Crippen LogP contribution in [0.25, 0.3) is 22.2 Å². The number of fused-ring (bicyclic) bond motifs is 1. The maximum Gasteiger partial charge on any atom is 0.243 e. The van der Waals surface area contributed by atoms with Crippen LogP contribution in [-0.2, 0) is 10.0 Å². The molecular weight excluding hydrogens is 444 g/mol. The van der Waals surface area contributed by atoms with Gasteiger partial charge in [0.2, 0.25) is 10.0 Å². The Balaban J connectivity index is 1.38. The average Bonchev–Trinajstić information content (AvgIpc) is 2.86. The Morgan fingerprint density at radius 3 is 2.15 bits per heavy atom. The van der Waals surface area contributed by atoms with Gasteiger partial charge < -0.3 is 4.90 Å². The third kappa shape index (κ3) is 4.17. The van der Waals surface area contributed by atoms with E-state index in [-0.39, 0.29) is 0 Å². The molecule has 1 fully saturated rings. The molecule has 0 spiro atoms. The van der Waals surface area contributed by atoms with Crippen LogP contribution < -0.4 is 4.90 Å². The largest absolute Gasteiger partial charge is 0.354 e. The molecule has 1 aliphatic rings. The lowest BCUT2D eigenvalue weighted by molar-refractivity contribution is 0.383. The SMILES string of the molecule is Cc1ccc(-c2nc(C)c(C)c(N3CCN(S(=O)(=O)c4ccc5ccccc5c4)CC3)n2)cc1. The van der Waals surface area contributed by atoms with E-state index >= 15 is 0 Å². The zero-order chi connectivity index (χ0) is 23.9. The van der Waals surface area contributed by atoms with Crippen LogP contribution in [0.5, 0.6) is 0 Å². The van der Waals surface area contributed by atoms with Crippen LogP contribution in [0.15, 0.2) is 71.6 Å². The van der Waals surface area contributed by atoms with E-state index in [2.05, 4.69) is 24.0 Å². The van der Waals surface area contributed by atoms with Crippen LogP contribution in [0.1, 0.15) is 16.8 Å². The summed E-state index contributed by atoms with van der Waals surface area (Å²) in [6, 6.07) is 21.4. The Hall–Kier alpha value is -3.29. The number of rotatable bonds is 4. The first-order valence-corrected chi connectivity index (χ1v) is 12.9. The number of benzene rings is 3. The quantitative estimate of drug-likeness (QED) is 0.430. The molecule has 6 nitrogen and oxygen atoms in total. The molecule has 1 aromatic heterocycles. The summed E-state index contributed by atoms with van der Waals surface area (Å²) >= 11 is 0. The summed E-state index contributed by atoms with van der Waals surface area (Å²) in [5.41, 5.74) is 4.14. The van der Waals surface area contributed by atoms with Crippen molar-refractivity contribution in [2.24, 2.45) is 0 Å². The van der Waals surface area contributed by atoms with E-state index in [1.54, 1.807) is 16.4 Å². The van der Waals surface area contributed by atoms with Crippen molar-refractivity contribution in [1.29, 1.82) is 0 Å². The minimum atomic E-state index is -3.56. The molecule has 7 heteroatoms. The van der Waals surface area contributed by atoms with Gasteiger partial charge in [0.05, 0.1) is 4.90 Å². The maximum absolute atomic E-state index is 13.3. The van der Waals surface area contributed by atoms with E-state index in [1.165, 1.54) is 5.56 Å². The number of hydrogen-bond donors (Lipinski definition) is 0. The van der Waals surface area contributed by atoms with Crippen molar-refractivity contribution in [2.45, 2.75) is 25.7 Å². The predicted octanol–water partition coefficient (Wildman–Crippen LogP) is 4.73. The van der Waals surface area contributed by atoms with Gasteiger partial charge in [-0.1, -0.05) is 60.2 Å². The number of sulfonamides is 1. The van der Waals surface area contributed by atoms with Gasteiger partial charge in [-0.05, 0) is 43.7 Å². The van der Waals surface area contributed by atoms with Crippen LogP contribution in [0, 0.1) is 20.8 Å². The molecule has 174 valence electrons. The molecule has 5 rings (SSSR count). The molecule has 0 aliphatic carbocycles. The fourth-order valence-corrected chi connectivity index (χ4v) is 5.83. The molecule has 0 bridgehead atoms. The lowest BCUT2D eigenvalue weighted by atomic mass is 10.1. The Morgan fingerprint density at radius 1 is 0.765 bits per heavy atom. The summed E-state index contributed by atoms with van der Waals surface area (Å²) in [7, 11) is -3.56. The van der Waals surface area contributed by atoms with Crippen molar-refractivity contribution in [3.05, 3.63) is 83.6 Å². The number of aryl methyl sites for hydroxylation is 2. The second-order valence-electron chi connectivity index (χ2n) is 8.85. The van der Waals surface area contributed by atoms with Gasteiger partial charge in [0.1, 0.15) is 5.82 Å². The van der Waals surface area contributed by atoms with Gasteiger partial charge in [-0.3, -0.25) is 0 Å². The Bertz CT molecular complexity index is 1460. The third-order valence-corrected chi connectivity index (χ3v) is 8.46. The zero-order valence-corrected chi connectivity index (χ0v) is 20.5. The van der Waals surface area contributed by atoms with Gasteiger partial charge in [0.15, 0.2) is 5.82 Å². The monoisotopic (exact) mass is 472 g/mol. The minimum Gasteiger partial charge on any atom is -0.354 e. The van der Waals surface area contributed by atoms with E-state index in [0.717, 1.165) is 33.4 Å². The molecule has 0 N–H and O–H groups in total. The van der Waals surface area contributed by atoms with Crippen molar-refractivity contribution in [2.75, 3.05) is 31.1 Å². The highest BCUT2D eigenvalue weighted by Crippen LogP contribution is 2.27. The number of piperazine rings is 1. The van der Waals surface area contributed by atoms with Crippen LogP contribution in [0.4, 0.5) is 5.82 Å². The number of nitrogens with zero attached hydrogens (tertiary/aromatic N) is 4. The van der Waals surface area contributed by atoms with Gasteiger partial charge in [0, 0.05) is 43.0 Å². The van der Waals surface area contributed by atoms with E-state index in [9.17, 15) is 8.42 Å². The van der Waals surface area contributed by atoms with Crippen molar-refractivity contribution in [3.63, 3.8) is 0 Å². The van der Waals surface area contributed by atoms with Crippen LogP contribution in [0.3, 0.4) is 0 Å². The summed E-state index contributed by atoms with van der Waals surface area (Å²) in [5, 5.41) is 1.96. The lowest BCUT2D eigenvalue weighted by Crippen LogP contribution is -2.49. The average molecular weight is 473 g/mol. The number of anilines is 1. The van der Waals surface area contributed by atoms with Crippen LogP contribution in [-0.4, -0.2) is 48.9 Å². The topological polar surface area (TPSA) is 66.4 Å². The Labute approximate surface area is 200 Å². The first-order valence-electron chi connectivity index (χ1n) is 11.5. The van der Waals surface area contributed by atoms with Gasteiger partial charge >= 0.3 is 0 Å². The fraction of sp³-hybridized carbons (Fsp3) is 0.259. The fourth-order valence-electron chi connectivity index (χ4n) is 4.37. The van der Waals surface area contributed by atoms with Crippen molar-refractivity contribution in [1.82, 2.24) is 14.3 Å². The molecule has 0 radical (unpaired) electrons. The standard InChI is InChI=1S/C27H28N4O2S/c1-19-8-10-23(11-9-19)26-28-21(3)20(2)27(29-26)30-14-16-31(17-15-30)34(32,33)25-13-12-22-6-4-5-7-24(22)18-25/h4-13,18H,14-17H2,1-3H3. The molecule has 0 atom stereocenters. The highest BCUT2D eigenvalue weighted by atomic mass is 32.2. The summed E-state index contributed by atoms with van der Waals surface area (Å²) in [5.74, 6) is 1.58. The molecule has 34 heavy (non-hydrogen) atoms. The molecule has 2 heterocycles. The minimum absolute atomic E-state index is 0.343. The third-order valence-electron chi connectivity index (χ3n) is 6.57. The highest BCUT2D eigenvalue weighted by molar-refractivity contribution is 7.89. The van der Waals surface area contributed by atoms with Gasteiger partial charge in [0.25, 0.3) is 0 Å². The van der Waals surface area contributed by atoms with E-state index in [1.807, 2.05) is 56.3 Å². The second kappa shape index (κ2) is 8.81. The Kier molecular flexibility index (Phi) is 5.83. The van der Waals surface area contributed by atoms with Crippen molar-refractivity contribution < 1.29 is 8.42 Å². The molecule has 4 aromatic rings. The van der Waals surface area contributed by atoms with Gasteiger partial charge in [-0.25, -0.2) is 18.4 Å². The van der Waals surface area contributed by atoms with E-state index < -0.39 is 10.0 Å². The molecule has 0 unspecified atom stereocenters. The lowest BCUT2D eigenvalue weighted by Gasteiger charge is -2.35. The number of aromatic nitrogens is 2. The molecule has 0 saturated carbocycles.